The van der Waals surface area contributed by atoms with Crippen LogP contribution in [-0.4, -0.2) is 46.6 Å². The molecule has 1 aliphatic rings. The number of aliphatic hydroxyl groups excluding tert-OH is 1. The molecule has 0 aliphatic carbocycles. The highest BCUT2D eigenvalue weighted by Gasteiger charge is 2.21. The Morgan fingerprint density at radius 2 is 2.18 bits per heavy atom. The predicted octanol–water partition coefficient (Wildman–Crippen LogP) is 2.53. The van der Waals surface area contributed by atoms with E-state index in [0.717, 1.165) is 38.8 Å². The van der Waals surface area contributed by atoms with E-state index < -0.39 is 0 Å². The molecule has 1 unspecified atom stereocenters. The van der Waals surface area contributed by atoms with E-state index in [0.29, 0.717) is 23.8 Å². The first kappa shape index (κ1) is 16.7. The van der Waals surface area contributed by atoms with Crippen molar-refractivity contribution in [3.8, 4) is 0 Å². The van der Waals surface area contributed by atoms with E-state index in [9.17, 15) is 9.90 Å². The lowest BCUT2D eigenvalue weighted by atomic mass is 9.99. The fourth-order valence-corrected chi connectivity index (χ4v) is 2.68. The maximum absolute atomic E-state index is 12.4. The number of hydrogen-bond donors (Lipinski definition) is 2. The Bertz CT molecular complexity index is 467. The molecule has 1 fully saturated rings. The van der Waals surface area contributed by atoms with Crippen molar-refractivity contribution in [3.05, 3.63) is 23.9 Å². The summed E-state index contributed by atoms with van der Waals surface area (Å²) in [7, 11) is 0. The monoisotopic (exact) mass is 305 g/mol. The summed E-state index contributed by atoms with van der Waals surface area (Å²) in [5.74, 6) is 1.47. The fourth-order valence-electron chi connectivity index (χ4n) is 2.68. The van der Waals surface area contributed by atoms with Crippen molar-refractivity contribution >= 4 is 11.7 Å². The van der Waals surface area contributed by atoms with Gasteiger partial charge in [-0.25, -0.2) is 4.98 Å². The molecule has 122 valence electrons. The first-order valence-corrected chi connectivity index (χ1v) is 8.27. The quantitative estimate of drug-likeness (QED) is 0.847. The second-order valence-corrected chi connectivity index (χ2v) is 6.23. The van der Waals surface area contributed by atoms with Crippen molar-refractivity contribution in [1.29, 1.82) is 0 Å². The summed E-state index contributed by atoms with van der Waals surface area (Å²) in [6.07, 6.45) is 5.15. The van der Waals surface area contributed by atoms with Crippen LogP contribution < -0.4 is 5.32 Å². The highest BCUT2D eigenvalue weighted by atomic mass is 16.3. The van der Waals surface area contributed by atoms with Gasteiger partial charge in [0.15, 0.2) is 0 Å². The number of anilines is 1. The molecule has 1 amide bonds. The SMILES string of the molecule is CCCC(O)CNc1ccc(C(=O)N2CCC(C)CC2)cn1. The number of carbonyl (C=O) groups is 1. The van der Waals surface area contributed by atoms with Gasteiger partial charge in [-0.1, -0.05) is 20.3 Å². The van der Waals surface area contributed by atoms with Crippen LogP contribution in [0, 0.1) is 5.92 Å². The van der Waals surface area contributed by atoms with E-state index in [-0.39, 0.29) is 12.0 Å². The summed E-state index contributed by atoms with van der Waals surface area (Å²) in [5.41, 5.74) is 0.634. The number of piperidine rings is 1. The minimum Gasteiger partial charge on any atom is -0.391 e. The number of amides is 1. The van der Waals surface area contributed by atoms with Crippen LogP contribution in [0.5, 0.6) is 0 Å². The zero-order valence-corrected chi connectivity index (χ0v) is 13.6. The number of hydrogen-bond acceptors (Lipinski definition) is 4. The third-order valence-electron chi connectivity index (χ3n) is 4.22. The Morgan fingerprint density at radius 1 is 1.45 bits per heavy atom. The molecule has 1 saturated heterocycles. The average Bonchev–Trinajstić information content (AvgIpc) is 2.54. The molecule has 2 rings (SSSR count). The zero-order chi connectivity index (χ0) is 15.9. The summed E-state index contributed by atoms with van der Waals surface area (Å²) in [5, 5.41) is 12.8. The van der Waals surface area contributed by atoms with E-state index in [1.807, 2.05) is 17.9 Å². The fraction of sp³-hybridized carbons (Fsp3) is 0.647. The smallest absolute Gasteiger partial charge is 0.255 e. The van der Waals surface area contributed by atoms with Gasteiger partial charge in [0.1, 0.15) is 5.82 Å². The van der Waals surface area contributed by atoms with Crippen LogP contribution in [0.1, 0.15) is 49.9 Å². The van der Waals surface area contributed by atoms with Crippen molar-refractivity contribution in [2.45, 2.75) is 45.6 Å². The van der Waals surface area contributed by atoms with Crippen molar-refractivity contribution in [1.82, 2.24) is 9.88 Å². The number of aliphatic hydroxyl groups is 1. The molecule has 1 aliphatic heterocycles. The Labute approximate surface area is 132 Å². The van der Waals surface area contributed by atoms with Gasteiger partial charge < -0.3 is 15.3 Å². The van der Waals surface area contributed by atoms with E-state index in [1.165, 1.54) is 0 Å². The average molecular weight is 305 g/mol. The molecule has 0 bridgehead atoms. The number of aromatic nitrogens is 1. The predicted molar refractivity (Wildman–Crippen MR) is 87.9 cm³/mol. The van der Waals surface area contributed by atoms with Crippen LogP contribution in [0.25, 0.3) is 0 Å². The molecule has 22 heavy (non-hydrogen) atoms. The third-order valence-corrected chi connectivity index (χ3v) is 4.22. The van der Waals surface area contributed by atoms with Crippen LogP contribution >= 0.6 is 0 Å². The molecule has 1 aromatic heterocycles. The first-order chi connectivity index (χ1) is 10.6. The molecule has 0 spiro atoms. The van der Waals surface area contributed by atoms with Gasteiger partial charge in [-0.05, 0) is 37.3 Å². The maximum Gasteiger partial charge on any atom is 0.255 e. The van der Waals surface area contributed by atoms with Crippen molar-refractivity contribution in [2.75, 3.05) is 25.0 Å². The summed E-state index contributed by atoms with van der Waals surface area (Å²) in [4.78, 5) is 18.6. The topological polar surface area (TPSA) is 65.5 Å². The standard InChI is InChI=1S/C17H27N3O2/c1-3-4-15(21)12-19-16-6-5-14(11-18-16)17(22)20-9-7-13(2)8-10-20/h5-6,11,13,15,21H,3-4,7-10,12H2,1-2H3,(H,18,19). The number of likely N-dealkylation sites (tertiary alicyclic amines) is 1. The molecule has 0 radical (unpaired) electrons. The summed E-state index contributed by atoms with van der Waals surface area (Å²) in [6, 6.07) is 3.61. The number of pyridine rings is 1. The number of nitrogens with one attached hydrogen (secondary N) is 1. The van der Waals surface area contributed by atoms with Gasteiger partial charge in [-0.3, -0.25) is 4.79 Å². The van der Waals surface area contributed by atoms with Gasteiger partial charge in [0.05, 0.1) is 11.7 Å². The van der Waals surface area contributed by atoms with Crippen molar-refractivity contribution < 1.29 is 9.90 Å². The van der Waals surface area contributed by atoms with Gasteiger partial charge in [-0.2, -0.15) is 0 Å². The molecule has 0 saturated carbocycles. The molecule has 1 aromatic rings. The first-order valence-electron chi connectivity index (χ1n) is 8.27. The van der Waals surface area contributed by atoms with Gasteiger partial charge in [0.2, 0.25) is 0 Å². The molecule has 5 heteroatoms. The van der Waals surface area contributed by atoms with E-state index in [1.54, 1.807) is 12.3 Å². The van der Waals surface area contributed by atoms with Gasteiger partial charge in [0, 0.05) is 25.8 Å². The highest BCUT2D eigenvalue weighted by Crippen LogP contribution is 2.18. The largest absolute Gasteiger partial charge is 0.391 e. The molecule has 1 atom stereocenters. The molecule has 0 aromatic carbocycles. The molecule has 5 nitrogen and oxygen atoms in total. The molecule has 2 heterocycles. The Kier molecular flexibility index (Phi) is 6.19. The molecular weight excluding hydrogens is 278 g/mol. The lowest BCUT2D eigenvalue weighted by molar-refractivity contribution is 0.0697. The van der Waals surface area contributed by atoms with Crippen LogP contribution in [-0.2, 0) is 0 Å². The van der Waals surface area contributed by atoms with E-state index in [4.69, 9.17) is 0 Å². The third kappa shape index (κ3) is 4.70. The zero-order valence-electron chi connectivity index (χ0n) is 13.6. The Hall–Kier alpha value is -1.62. The number of nitrogens with zero attached hydrogens (tertiary/aromatic N) is 2. The minimum absolute atomic E-state index is 0.0666. The molecular formula is C17H27N3O2. The summed E-state index contributed by atoms with van der Waals surface area (Å²) in [6.45, 7) is 6.44. The minimum atomic E-state index is -0.358. The summed E-state index contributed by atoms with van der Waals surface area (Å²) < 4.78 is 0. The van der Waals surface area contributed by atoms with Gasteiger partial charge in [-0.15, -0.1) is 0 Å². The van der Waals surface area contributed by atoms with Crippen molar-refractivity contribution in [3.63, 3.8) is 0 Å². The van der Waals surface area contributed by atoms with Crippen LogP contribution in [0.3, 0.4) is 0 Å². The normalized spacial score (nSPS) is 17.3. The van der Waals surface area contributed by atoms with Crippen LogP contribution in [0.4, 0.5) is 5.82 Å². The van der Waals surface area contributed by atoms with Crippen LogP contribution in [0.2, 0.25) is 0 Å². The molecule has 2 N–H and O–H groups in total. The Morgan fingerprint density at radius 3 is 2.77 bits per heavy atom. The number of carbonyl (C=O) groups excluding carboxylic acids is 1. The lowest BCUT2D eigenvalue weighted by Crippen LogP contribution is -2.37. The second-order valence-electron chi connectivity index (χ2n) is 6.23. The van der Waals surface area contributed by atoms with Gasteiger partial charge in [0.25, 0.3) is 5.91 Å². The van der Waals surface area contributed by atoms with E-state index >= 15 is 0 Å². The Balaban J connectivity index is 1.87. The number of rotatable bonds is 6. The lowest BCUT2D eigenvalue weighted by Gasteiger charge is -2.30. The maximum atomic E-state index is 12.4. The van der Waals surface area contributed by atoms with Gasteiger partial charge >= 0.3 is 0 Å². The van der Waals surface area contributed by atoms with E-state index in [2.05, 4.69) is 17.2 Å². The highest BCUT2D eigenvalue weighted by molar-refractivity contribution is 5.94. The summed E-state index contributed by atoms with van der Waals surface area (Å²) >= 11 is 0. The van der Waals surface area contributed by atoms with Crippen LogP contribution in [0.15, 0.2) is 18.3 Å². The second kappa shape index (κ2) is 8.13. The van der Waals surface area contributed by atoms with Crippen molar-refractivity contribution in [2.24, 2.45) is 5.92 Å².